The smallest absolute Gasteiger partial charge is 0.395 e. The Balaban J connectivity index is 1.94. The van der Waals surface area contributed by atoms with Gasteiger partial charge in [0.05, 0.1) is 12.3 Å². The Morgan fingerprint density at radius 2 is 2.16 bits per heavy atom. The van der Waals surface area contributed by atoms with Gasteiger partial charge in [-0.15, -0.1) is 0 Å². The van der Waals surface area contributed by atoms with Crippen LogP contribution in [0.4, 0.5) is 5.88 Å². The molecule has 0 bridgehead atoms. The third-order valence-electron chi connectivity index (χ3n) is 2.20. The zero-order chi connectivity index (χ0) is 13.2. The molecule has 0 saturated carbocycles. The summed E-state index contributed by atoms with van der Waals surface area (Å²) in [6, 6.07) is 2.59. The minimum absolute atomic E-state index is 0.0359. The fraction of sp³-hybridized carbons (Fsp3) is 0. The van der Waals surface area contributed by atoms with Crippen molar-refractivity contribution in [3.63, 3.8) is 0 Å². The van der Waals surface area contributed by atoms with Gasteiger partial charge in [-0.05, 0) is 6.07 Å². The molecule has 9 nitrogen and oxygen atoms in total. The first-order valence-corrected chi connectivity index (χ1v) is 5.09. The van der Waals surface area contributed by atoms with Crippen molar-refractivity contribution in [3.8, 4) is 23.2 Å². The van der Waals surface area contributed by atoms with Crippen molar-refractivity contribution in [1.29, 1.82) is 0 Å². The van der Waals surface area contributed by atoms with Crippen LogP contribution in [-0.4, -0.2) is 25.0 Å². The van der Waals surface area contributed by atoms with Gasteiger partial charge in [0.25, 0.3) is 5.89 Å². The van der Waals surface area contributed by atoms with Gasteiger partial charge in [-0.2, -0.15) is 4.98 Å². The Morgan fingerprint density at radius 3 is 2.84 bits per heavy atom. The highest BCUT2D eigenvalue weighted by Crippen LogP contribution is 2.25. The monoisotopic (exact) mass is 259 g/mol. The van der Waals surface area contributed by atoms with Crippen LogP contribution < -0.4 is 0 Å². The van der Waals surface area contributed by atoms with Crippen LogP contribution in [-0.2, 0) is 0 Å². The van der Waals surface area contributed by atoms with E-state index in [1.54, 1.807) is 0 Å². The van der Waals surface area contributed by atoms with Crippen molar-refractivity contribution in [2.45, 2.75) is 0 Å². The van der Waals surface area contributed by atoms with Crippen LogP contribution >= 0.6 is 0 Å². The van der Waals surface area contributed by atoms with Crippen molar-refractivity contribution in [1.82, 2.24) is 20.1 Å². The van der Waals surface area contributed by atoms with Crippen LogP contribution in [0, 0.1) is 10.1 Å². The number of aromatic nitrogens is 4. The van der Waals surface area contributed by atoms with Gasteiger partial charge in [0.15, 0.2) is 5.76 Å². The normalized spacial score (nSPS) is 10.5. The molecule has 0 atom stereocenters. The van der Waals surface area contributed by atoms with E-state index >= 15 is 0 Å². The maximum Gasteiger partial charge on any atom is 0.433 e. The van der Waals surface area contributed by atoms with Gasteiger partial charge in [0.1, 0.15) is 10.6 Å². The molecule has 0 amide bonds. The highest BCUT2D eigenvalue weighted by atomic mass is 16.6. The summed E-state index contributed by atoms with van der Waals surface area (Å²) in [5.41, 5.74) is 0.429. The molecule has 3 rings (SSSR count). The lowest BCUT2D eigenvalue weighted by molar-refractivity contribution is -0.401. The quantitative estimate of drug-likeness (QED) is 0.514. The van der Waals surface area contributed by atoms with E-state index in [0.29, 0.717) is 5.69 Å². The Morgan fingerprint density at radius 1 is 1.26 bits per heavy atom. The van der Waals surface area contributed by atoms with E-state index in [4.69, 9.17) is 8.94 Å². The predicted octanol–water partition coefficient (Wildman–Crippen LogP) is 1.69. The first-order valence-electron chi connectivity index (χ1n) is 5.09. The SMILES string of the molecule is O=[N+]([O-])c1ccc(-c2nc(-c3cnccn3)no2)o1. The van der Waals surface area contributed by atoms with Crippen LogP contribution in [0.2, 0.25) is 0 Å². The van der Waals surface area contributed by atoms with E-state index in [2.05, 4.69) is 20.1 Å². The topological polar surface area (TPSA) is 121 Å². The Bertz CT molecular complexity index is 720. The number of hydrogen-bond donors (Lipinski definition) is 0. The molecule has 0 aliphatic heterocycles. The second-order valence-corrected chi connectivity index (χ2v) is 3.41. The van der Waals surface area contributed by atoms with Gasteiger partial charge in [-0.1, -0.05) is 5.16 Å². The molecule has 3 aromatic heterocycles. The van der Waals surface area contributed by atoms with Crippen LogP contribution in [0.25, 0.3) is 23.2 Å². The summed E-state index contributed by atoms with van der Waals surface area (Å²) in [4.78, 5) is 21.8. The number of hydrogen-bond acceptors (Lipinski definition) is 8. The lowest BCUT2D eigenvalue weighted by Gasteiger charge is -1.88. The molecule has 9 heteroatoms. The van der Waals surface area contributed by atoms with Crippen molar-refractivity contribution >= 4 is 5.88 Å². The molecule has 0 aliphatic rings. The van der Waals surface area contributed by atoms with Crippen LogP contribution in [0.3, 0.4) is 0 Å². The zero-order valence-corrected chi connectivity index (χ0v) is 9.26. The first kappa shape index (κ1) is 11.0. The lowest BCUT2D eigenvalue weighted by atomic mass is 10.4. The Hall–Kier alpha value is -3.10. The molecule has 0 spiro atoms. The molecule has 3 aromatic rings. The molecule has 0 aromatic carbocycles. The summed E-state index contributed by atoms with van der Waals surface area (Å²) in [5, 5.41) is 14.2. The van der Waals surface area contributed by atoms with E-state index in [1.807, 2.05) is 0 Å². The molecule has 0 N–H and O–H groups in total. The summed E-state index contributed by atoms with van der Waals surface area (Å²) in [5.74, 6) is -0.0144. The summed E-state index contributed by atoms with van der Waals surface area (Å²) in [7, 11) is 0. The van der Waals surface area contributed by atoms with Gasteiger partial charge in [-0.3, -0.25) is 15.1 Å². The van der Waals surface area contributed by atoms with E-state index in [9.17, 15) is 10.1 Å². The van der Waals surface area contributed by atoms with Gasteiger partial charge in [-0.25, -0.2) is 4.98 Å². The molecule has 0 aliphatic carbocycles. The van der Waals surface area contributed by atoms with Gasteiger partial charge >= 0.3 is 5.88 Å². The highest BCUT2D eigenvalue weighted by Gasteiger charge is 2.18. The fourth-order valence-electron chi connectivity index (χ4n) is 1.38. The van der Waals surface area contributed by atoms with E-state index < -0.39 is 10.8 Å². The number of rotatable bonds is 3. The maximum atomic E-state index is 10.5. The van der Waals surface area contributed by atoms with E-state index in [-0.39, 0.29) is 17.5 Å². The third-order valence-corrected chi connectivity index (χ3v) is 2.20. The number of nitrogens with zero attached hydrogens (tertiary/aromatic N) is 5. The average molecular weight is 259 g/mol. The fourth-order valence-corrected chi connectivity index (χ4v) is 1.38. The standard InChI is InChI=1S/C10H5N5O4/c16-15(17)8-2-1-7(18-8)10-13-9(14-19-10)6-5-11-3-4-12-6/h1-5H. The molecular formula is C10H5N5O4. The second kappa shape index (κ2) is 4.29. The summed E-state index contributed by atoms with van der Waals surface area (Å²) in [6.45, 7) is 0. The highest BCUT2D eigenvalue weighted by molar-refractivity contribution is 5.53. The molecule has 94 valence electrons. The van der Waals surface area contributed by atoms with Gasteiger partial charge in [0.2, 0.25) is 5.82 Å². The lowest BCUT2D eigenvalue weighted by Crippen LogP contribution is -1.86. The predicted molar refractivity (Wildman–Crippen MR) is 59.7 cm³/mol. The second-order valence-electron chi connectivity index (χ2n) is 3.41. The average Bonchev–Trinajstić information content (AvgIpc) is 3.09. The number of nitro groups is 1. The van der Waals surface area contributed by atoms with Crippen molar-refractivity contribution in [3.05, 3.63) is 40.8 Å². The molecule has 19 heavy (non-hydrogen) atoms. The molecular weight excluding hydrogens is 254 g/mol. The largest absolute Gasteiger partial charge is 0.433 e. The van der Waals surface area contributed by atoms with Crippen LogP contribution in [0.1, 0.15) is 0 Å². The molecule has 0 saturated heterocycles. The Labute approximate surface area is 105 Å². The van der Waals surface area contributed by atoms with Crippen molar-refractivity contribution in [2.75, 3.05) is 0 Å². The van der Waals surface area contributed by atoms with Crippen molar-refractivity contribution in [2.24, 2.45) is 0 Å². The molecule has 0 fully saturated rings. The molecule has 0 unspecified atom stereocenters. The minimum Gasteiger partial charge on any atom is -0.395 e. The Kier molecular flexibility index (Phi) is 2.49. The van der Waals surface area contributed by atoms with Crippen LogP contribution in [0.15, 0.2) is 39.7 Å². The van der Waals surface area contributed by atoms with Crippen LogP contribution in [0.5, 0.6) is 0 Å². The third kappa shape index (κ3) is 2.04. The zero-order valence-electron chi connectivity index (χ0n) is 9.26. The summed E-state index contributed by atoms with van der Waals surface area (Å²) >= 11 is 0. The molecule has 3 heterocycles. The van der Waals surface area contributed by atoms with Gasteiger partial charge < -0.3 is 8.94 Å². The summed E-state index contributed by atoms with van der Waals surface area (Å²) < 4.78 is 9.90. The first-order chi connectivity index (χ1) is 9.24. The van der Waals surface area contributed by atoms with Crippen molar-refractivity contribution < 1.29 is 13.9 Å². The summed E-state index contributed by atoms with van der Waals surface area (Å²) in [6.07, 6.45) is 4.47. The molecule has 0 radical (unpaired) electrons. The maximum absolute atomic E-state index is 10.5. The van der Waals surface area contributed by atoms with Gasteiger partial charge in [0, 0.05) is 12.4 Å². The van der Waals surface area contributed by atoms with E-state index in [0.717, 1.165) is 0 Å². The number of furan rings is 1. The van der Waals surface area contributed by atoms with E-state index in [1.165, 1.54) is 30.7 Å². The minimum atomic E-state index is -0.649.